The maximum absolute atomic E-state index is 13.1. The first kappa shape index (κ1) is 17.2. The van der Waals surface area contributed by atoms with Gasteiger partial charge in [-0.15, -0.1) is 0 Å². The number of piperidine rings is 1. The van der Waals surface area contributed by atoms with Gasteiger partial charge in [-0.1, -0.05) is 18.2 Å². The maximum atomic E-state index is 13.1. The number of amides is 1. The van der Waals surface area contributed by atoms with Crippen molar-refractivity contribution in [3.8, 4) is 0 Å². The lowest BCUT2D eigenvalue weighted by Gasteiger charge is -2.35. The average molecular weight is 352 g/mol. The van der Waals surface area contributed by atoms with E-state index in [4.69, 9.17) is 4.74 Å². The van der Waals surface area contributed by atoms with Crippen LogP contribution in [0.3, 0.4) is 0 Å². The van der Waals surface area contributed by atoms with Crippen molar-refractivity contribution in [3.05, 3.63) is 29.8 Å². The van der Waals surface area contributed by atoms with Crippen LogP contribution in [0.1, 0.15) is 25.3 Å². The quantitative estimate of drug-likeness (QED) is 0.803. The second kappa shape index (κ2) is 7.11. The minimum absolute atomic E-state index is 0.0236. The Balaban J connectivity index is 1.74. The number of likely N-dealkylation sites (tertiary alicyclic amines) is 1. The number of rotatable bonds is 5. The molecule has 2 aliphatic rings. The Morgan fingerprint density at radius 1 is 1.29 bits per heavy atom. The number of sulfonamides is 1. The van der Waals surface area contributed by atoms with Crippen molar-refractivity contribution in [1.29, 1.82) is 0 Å². The van der Waals surface area contributed by atoms with Crippen LogP contribution < -0.4 is 4.31 Å². The van der Waals surface area contributed by atoms with Crippen molar-refractivity contribution in [2.24, 2.45) is 0 Å². The summed E-state index contributed by atoms with van der Waals surface area (Å²) in [5.74, 6) is -0.126. The van der Waals surface area contributed by atoms with Crippen molar-refractivity contribution >= 4 is 21.6 Å². The summed E-state index contributed by atoms with van der Waals surface area (Å²) < 4.78 is 32.9. The van der Waals surface area contributed by atoms with Crippen LogP contribution in [-0.4, -0.2) is 57.3 Å². The summed E-state index contributed by atoms with van der Waals surface area (Å²) in [6, 6.07) is 7.64. The normalized spacial score (nSPS) is 21.0. The van der Waals surface area contributed by atoms with Crippen LogP contribution in [-0.2, 0) is 26.0 Å². The van der Waals surface area contributed by atoms with E-state index in [1.807, 2.05) is 31.2 Å². The second-order valence-electron chi connectivity index (χ2n) is 6.24. The summed E-state index contributed by atoms with van der Waals surface area (Å²) in [7, 11) is -3.46. The van der Waals surface area contributed by atoms with Gasteiger partial charge in [0.2, 0.25) is 15.9 Å². The van der Waals surface area contributed by atoms with Crippen LogP contribution in [0, 0.1) is 0 Å². The summed E-state index contributed by atoms with van der Waals surface area (Å²) >= 11 is 0. The van der Waals surface area contributed by atoms with Gasteiger partial charge in [0, 0.05) is 26.2 Å². The predicted octanol–water partition coefficient (Wildman–Crippen LogP) is 1.41. The molecule has 132 valence electrons. The molecule has 0 saturated carbocycles. The molecule has 1 aromatic rings. The Kier molecular flexibility index (Phi) is 5.10. The Bertz CT molecular complexity index is 704. The molecule has 0 aliphatic carbocycles. The van der Waals surface area contributed by atoms with Gasteiger partial charge in [0.1, 0.15) is 6.61 Å². The molecule has 0 bridgehead atoms. The zero-order chi connectivity index (χ0) is 17.2. The van der Waals surface area contributed by atoms with Crippen LogP contribution >= 0.6 is 0 Å². The van der Waals surface area contributed by atoms with Crippen molar-refractivity contribution in [2.45, 2.75) is 31.4 Å². The average Bonchev–Trinajstić information content (AvgIpc) is 3.04. The van der Waals surface area contributed by atoms with Gasteiger partial charge in [0.05, 0.1) is 10.9 Å². The first-order chi connectivity index (χ1) is 11.5. The molecule has 0 N–H and O–H groups in total. The van der Waals surface area contributed by atoms with Gasteiger partial charge in [-0.2, -0.15) is 0 Å². The monoisotopic (exact) mass is 352 g/mol. The number of fused-ring (bicyclic) bond motifs is 1. The number of ether oxygens (including phenoxy) is 1. The zero-order valence-electron chi connectivity index (χ0n) is 14.0. The number of hydrogen-bond donors (Lipinski definition) is 0. The molecule has 0 spiro atoms. The van der Waals surface area contributed by atoms with E-state index in [1.165, 1.54) is 4.31 Å². The molecule has 2 aliphatic heterocycles. The number of carbonyl (C=O) groups excluding carboxylic acids is 1. The molecule has 7 heteroatoms. The Labute approximate surface area is 143 Å². The van der Waals surface area contributed by atoms with Gasteiger partial charge in [0.25, 0.3) is 0 Å². The molecular weight excluding hydrogens is 328 g/mol. The third-order valence-electron chi connectivity index (χ3n) is 4.73. The van der Waals surface area contributed by atoms with E-state index in [1.54, 1.807) is 4.90 Å². The van der Waals surface area contributed by atoms with E-state index in [9.17, 15) is 13.2 Å². The molecule has 0 radical (unpaired) electrons. The molecule has 6 nitrogen and oxygen atoms in total. The van der Waals surface area contributed by atoms with Gasteiger partial charge in [0.15, 0.2) is 0 Å². The number of nitrogens with zero attached hydrogens (tertiary/aromatic N) is 2. The van der Waals surface area contributed by atoms with Gasteiger partial charge >= 0.3 is 0 Å². The standard InChI is InChI=1S/C17H24N2O4S/c1-2-23-13-17(20)18-10-5-7-15(12-18)24(21,22)19-11-9-14-6-3-4-8-16(14)19/h3-4,6,8,15H,2,5,7,9-13H2,1H3/t15-/m0/s1. The van der Waals surface area contributed by atoms with E-state index in [2.05, 4.69) is 0 Å². The van der Waals surface area contributed by atoms with Gasteiger partial charge in [-0.25, -0.2) is 8.42 Å². The van der Waals surface area contributed by atoms with Crippen LogP contribution in [0.2, 0.25) is 0 Å². The summed E-state index contributed by atoms with van der Waals surface area (Å²) in [4.78, 5) is 13.8. The molecule has 0 aromatic heterocycles. The fourth-order valence-corrected chi connectivity index (χ4v) is 5.43. The number of benzene rings is 1. The highest BCUT2D eigenvalue weighted by Crippen LogP contribution is 2.33. The van der Waals surface area contributed by atoms with Gasteiger partial charge < -0.3 is 9.64 Å². The van der Waals surface area contributed by atoms with Crippen molar-refractivity contribution in [2.75, 3.05) is 37.2 Å². The Hall–Kier alpha value is -1.60. The largest absolute Gasteiger partial charge is 0.372 e. The predicted molar refractivity (Wildman–Crippen MR) is 92.5 cm³/mol. The van der Waals surface area contributed by atoms with Gasteiger partial charge in [-0.3, -0.25) is 9.10 Å². The van der Waals surface area contributed by atoms with Crippen molar-refractivity contribution in [1.82, 2.24) is 4.90 Å². The van der Waals surface area contributed by atoms with Crippen LogP contribution in [0.4, 0.5) is 5.69 Å². The van der Waals surface area contributed by atoms with Gasteiger partial charge in [-0.05, 0) is 37.8 Å². The molecule has 1 fully saturated rings. The minimum atomic E-state index is -3.46. The van der Waals surface area contributed by atoms with Crippen molar-refractivity contribution in [3.63, 3.8) is 0 Å². The summed E-state index contributed by atoms with van der Waals surface area (Å²) in [6.07, 6.45) is 2.05. The highest BCUT2D eigenvalue weighted by molar-refractivity contribution is 7.93. The minimum Gasteiger partial charge on any atom is -0.372 e. The van der Waals surface area contributed by atoms with E-state index in [-0.39, 0.29) is 19.1 Å². The summed E-state index contributed by atoms with van der Waals surface area (Å²) in [5.41, 5.74) is 1.86. The Morgan fingerprint density at radius 2 is 2.08 bits per heavy atom. The number of para-hydroxylation sites is 1. The van der Waals surface area contributed by atoms with E-state index >= 15 is 0 Å². The zero-order valence-corrected chi connectivity index (χ0v) is 14.8. The molecule has 0 unspecified atom stereocenters. The molecule has 1 aromatic carbocycles. The second-order valence-corrected chi connectivity index (χ2v) is 8.37. The smallest absolute Gasteiger partial charge is 0.248 e. The first-order valence-corrected chi connectivity index (χ1v) is 9.99. The third kappa shape index (κ3) is 3.28. The van der Waals surface area contributed by atoms with E-state index < -0.39 is 15.3 Å². The number of carbonyl (C=O) groups is 1. The lowest BCUT2D eigenvalue weighted by molar-refractivity contribution is -0.136. The lowest BCUT2D eigenvalue weighted by Crippen LogP contribution is -2.50. The van der Waals surface area contributed by atoms with Crippen LogP contribution in [0.25, 0.3) is 0 Å². The molecular formula is C17H24N2O4S. The summed E-state index contributed by atoms with van der Waals surface area (Å²) in [6.45, 7) is 3.69. The fraction of sp³-hybridized carbons (Fsp3) is 0.588. The topological polar surface area (TPSA) is 66.9 Å². The highest BCUT2D eigenvalue weighted by Gasteiger charge is 2.39. The number of hydrogen-bond acceptors (Lipinski definition) is 4. The molecule has 1 saturated heterocycles. The van der Waals surface area contributed by atoms with E-state index in [0.29, 0.717) is 32.5 Å². The number of anilines is 1. The third-order valence-corrected chi connectivity index (χ3v) is 6.95. The molecule has 1 atom stereocenters. The maximum Gasteiger partial charge on any atom is 0.248 e. The lowest BCUT2D eigenvalue weighted by atomic mass is 10.1. The summed E-state index contributed by atoms with van der Waals surface area (Å²) in [5, 5.41) is -0.539. The molecule has 2 heterocycles. The first-order valence-electron chi connectivity index (χ1n) is 8.49. The van der Waals surface area contributed by atoms with Crippen LogP contribution in [0.5, 0.6) is 0 Å². The molecule has 1 amide bonds. The SMILES string of the molecule is CCOCC(=O)N1CCC[C@H](S(=O)(=O)N2CCc3ccccc32)C1. The fourth-order valence-electron chi connectivity index (χ4n) is 3.44. The molecule has 3 rings (SSSR count). The molecule has 24 heavy (non-hydrogen) atoms. The van der Waals surface area contributed by atoms with Crippen molar-refractivity contribution < 1.29 is 17.9 Å². The Morgan fingerprint density at radius 3 is 2.88 bits per heavy atom. The van der Waals surface area contributed by atoms with Crippen LogP contribution in [0.15, 0.2) is 24.3 Å². The highest BCUT2D eigenvalue weighted by atomic mass is 32.2. The van der Waals surface area contributed by atoms with E-state index in [0.717, 1.165) is 17.7 Å².